The Hall–Kier alpha value is -6.34. The predicted molar refractivity (Wildman–Crippen MR) is 257 cm³/mol. The number of anilines is 2. The van der Waals surface area contributed by atoms with Gasteiger partial charge in [0.25, 0.3) is 20.9 Å². The number of hydrogen-bond donors (Lipinski definition) is 3. The molecule has 2 amide bonds. The summed E-state index contributed by atoms with van der Waals surface area (Å²) in [5.41, 5.74) is 4.00. The molecule has 2 unspecified atom stereocenters. The molecule has 0 bridgehead atoms. The second-order valence-electron chi connectivity index (χ2n) is 17.8. The van der Waals surface area contributed by atoms with Crippen LogP contribution < -0.4 is 10.6 Å². The Labute approximate surface area is 412 Å². The molecule has 8 atom stereocenters. The van der Waals surface area contributed by atoms with E-state index in [4.69, 9.17) is 39.1 Å². The SMILES string of the molecule is CC1(C)OC2[C@@H](CO)O[C@@H](n3cnc4c(NC(=O)c5ccccc5)ncnc43)[C@H]2O1.CC[C@H]1O[C@@H](n2cnc3c(NC(=O)c4ccccc4)ncnc32)[C@H]2OC(C)(C)OC12.Cc1ccc(S(=O)(=O)Cl)cc1. The third-order valence-corrected chi connectivity index (χ3v) is 13.3. The maximum atomic E-state index is 12.6. The summed E-state index contributed by atoms with van der Waals surface area (Å²) in [6, 6.07) is 24.2. The van der Waals surface area contributed by atoms with Crippen molar-refractivity contribution >= 4 is 65.5 Å². The lowest BCUT2D eigenvalue weighted by Crippen LogP contribution is -2.31. The quantitative estimate of drug-likeness (QED) is 0.134. The first-order chi connectivity index (χ1) is 33.9. The highest BCUT2D eigenvalue weighted by Crippen LogP contribution is 2.46. The molecular formula is C48H51ClN10O11S. The van der Waals surface area contributed by atoms with Crippen molar-refractivity contribution in [2.75, 3.05) is 17.2 Å². The van der Waals surface area contributed by atoms with E-state index in [1.54, 1.807) is 65.8 Å². The molecule has 0 radical (unpaired) electrons. The zero-order valence-corrected chi connectivity index (χ0v) is 40.9. The van der Waals surface area contributed by atoms with Gasteiger partial charge in [0, 0.05) is 21.8 Å². The standard InChI is InChI=1S/C21H23N5O4.C20H21N5O5.C7H7ClO2S/c1-4-13-15-16(30-21(2,3)29-15)20(28-13)26-11-24-14-17(22-10-23-18(14)26)25-19(27)12-8-6-5-7-9-12;1-20(2)29-14-12(8-26)28-19(15(14)30-20)25-10-23-13-16(21-9-22-17(13)25)24-18(27)11-6-4-3-5-7-11;1-6-2-4-7(5-3-6)11(8,9)10/h5-11,13,15-16,20H,4H2,1-3H3,(H,22,23,25,27);3-7,9-10,12,14-15,19,26H,8H2,1-2H3,(H,21,22,24,27);2-5H,1H3/t13-,15?,16+,20-;12-,14?,15+,19-;/m11./s1. The van der Waals surface area contributed by atoms with Crippen LogP contribution in [0.3, 0.4) is 0 Å². The largest absolute Gasteiger partial charge is 0.394 e. The topological polar surface area (TPSA) is 255 Å². The number of aliphatic hydroxyl groups excluding tert-OH is 1. The number of aryl methyl sites for hydroxylation is 1. The number of hydrogen-bond acceptors (Lipinski definition) is 17. The summed E-state index contributed by atoms with van der Waals surface area (Å²) in [6.45, 7) is 11.2. The van der Waals surface area contributed by atoms with Gasteiger partial charge in [0.15, 0.2) is 58.0 Å². The summed E-state index contributed by atoms with van der Waals surface area (Å²) in [5, 5.41) is 15.3. The van der Waals surface area contributed by atoms with Gasteiger partial charge < -0.3 is 44.2 Å². The van der Waals surface area contributed by atoms with Crippen LogP contribution in [0.25, 0.3) is 22.3 Å². The van der Waals surface area contributed by atoms with Gasteiger partial charge in [-0.1, -0.05) is 61.0 Å². The van der Waals surface area contributed by atoms with Crippen molar-refractivity contribution in [2.45, 2.75) is 114 Å². The van der Waals surface area contributed by atoms with Gasteiger partial charge in [-0.15, -0.1) is 0 Å². The van der Waals surface area contributed by atoms with Crippen LogP contribution in [0.1, 0.15) is 79.8 Å². The Bertz CT molecular complexity index is 2970. The Kier molecular flexibility index (Phi) is 14.0. The lowest BCUT2D eigenvalue weighted by atomic mass is 10.1. The molecule has 11 rings (SSSR count). The minimum absolute atomic E-state index is 0.0849. The first-order valence-electron chi connectivity index (χ1n) is 22.7. The van der Waals surface area contributed by atoms with E-state index in [-0.39, 0.29) is 41.6 Å². The Balaban J connectivity index is 0.000000146. The number of halogens is 1. The van der Waals surface area contributed by atoms with Gasteiger partial charge in [0.2, 0.25) is 0 Å². The molecule has 4 aliphatic rings. The van der Waals surface area contributed by atoms with Gasteiger partial charge in [0.1, 0.15) is 43.2 Å². The molecule has 0 saturated carbocycles. The van der Waals surface area contributed by atoms with E-state index in [0.29, 0.717) is 45.1 Å². The highest BCUT2D eigenvalue weighted by Gasteiger charge is 2.57. The van der Waals surface area contributed by atoms with Gasteiger partial charge in [-0.25, -0.2) is 38.3 Å². The normalized spacial score (nSPS) is 24.8. The summed E-state index contributed by atoms with van der Waals surface area (Å²) >= 11 is 0. The van der Waals surface area contributed by atoms with Crippen LogP contribution in [-0.4, -0.2) is 119 Å². The number of nitrogens with one attached hydrogen (secondary N) is 2. The molecule has 0 spiro atoms. The number of fused-ring (bicyclic) bond motifs is 4. The van der Waals surface area contributed by atoms with Crippen LogP contribution in [0.5, 0.6) is 0 Å². The highest BCUT2D eigenvalue weighted by molar-refractivity contribution is 8.13. The fraction of sp³-hybridized carbons (Fsp3) is 0.375. The summed E-state index contributed by atoms with van der Waals surface area (Å²) in [5.74, 6) is -1.38. The predicted octanol–water partition coefficient (Wildman–Crippen LogP) is 6.32. The molecule has 8 heterocycles. The maximum Gasteiger partial charge on any atom is 0.261 e. The number of aromatic nitrogens is 8. The van der Waals surface area contributed by atoms with E-state index < -0.39 is 51.4 Å². The molecule has 21 nitrogen and oxygen atoms in total. The average molecular weight is 1010 g/mol. The molecule has 4 aromatic heterocycles. The number of ether oxygens (including phenoxy) is 6. The Morgan fingerprint density at radius 1 is 0.634 bits per heavy atom. The molecule has 372 valence electrons. The van der Waals surface area contributed by atoms with Crippen molar-refractivity contribution < 1.29 is 51.5 Å². The van der Waals surface area contributed by atoms with Crippen LogP contribution in [0.4, 0.5) is 11.6 Å². The van der Waals surface area contributed by atoms with Crippen LogP contribution in [0.15, 0.2) is 115 Å². The summed E-state index contributed by atoms with van der Waals surface area (Å²) in [4.78, 5) is 51.2. The van der Waals surface area contributed by atoms with Crippen LogP contribution in [0.2, 0.25) is 0 Å². The molecule has 4 fully saturated rings. The Morgan fingerprint density at radius 3 is 1.48 bits per heavy atom. The number of imidazole rings is 2. The molecule has 0 aliphatic carbocycles. The van der Waals surface area contributed by atoms with Gasteiger partial charge >= 0.3 is 0 Å². The number of amides is 2. The summed E-state index contributed by atoms with van der Waals surface area (Å²) in [6.07, 6.45) is 3.84. The van der Waals surface area contributed by atoms with Crippen molar-refractivity contribution in [3.63, 3.8) is 0 Å². The summed E-state index contributed by atoms with van der Waals surface area (Å²) < 4.78 is 61.3. The fourth-order valence-electron chi connectivity index (χ4n) is 8.74. The zero-order valence-electron chi connectivity index (χ0n) is 39.3. The number of aliphatic hydroxyl groups is 1. The van der Waals surface area contributed by atoms with Crippen LogP contribution in [0, 0.1) is 6.92 Å². The van der Waals surface area contributed by atoms with E-state index in [9.17, 15) is 23.1 Å². The molecular weight excluding hydrogens is 960 g/mol. The molecule has 7 aromatic rings. The van der Waals surface area contributed by atoms with Crippen molar-refractivity contribution in [3.8, 4) is 0 Å². The smallest absolute Gasteiger partial charge is 0.261 e. The van der Waals surface area contributed by atoms with Gasteiger partial charge in [-0.3, -0.25) is 18.7 Å². The third-order valence-electron chi connectivity index (χ3n) is 11.9. The first kappa shape index (κ1) is 49.6. The molecule has 4 saturated heterocycles. The van der Waals surface area contributed by atoms with E-state index in [1.165, 1.54) is 24.8 Å². The molecule has 4 aliphatic heterocycles. The molecule has 23 heteroatoms. The van der Waals surface area contributed by atoms with E-state index in [0.717, 1.165) is 12.0 Å². The number of benzene rings is 3. The molecule has 71 heavy (non-hydrogen) atoms. The van der Waals surface area contributed by atoms with Gasteiger partial charge in [-0.2, -0.15) is 0 Å². The van der Waals surface area contributed by atoms with Crippen molar-refractivity contribution in [1.29, 1.82) is 0 Å². The number of rotatable bonds is 9. The fourth-order valence-corrected chi connectivity index (χ4v) is 9.51. The lowest BCUT2D eigenvalue weighted by molar-refractivity contribution is -0.199. The summed E-state index contributed by atoms with van der Waals surface area (Å²) in [7, 11) is 1.54. The average Bonchev–Trinajstić information content (AvgIpc) is 4.21. The van der Waals surface area contributed by atoms with E-state index in [1.807, 2.05) is 63.5 Å². The monoisotopic (exact) mass is 1010 g/mol. The van der Waals surface area contributed by atoms with Crippen molar-refractivity contribution in [1.82, 2.24) is 39.0 Å². The van der Waals surface area contributed by atoms with Gasteiger partial charge in [0.05, 0.1) is 30.3 Å². The first-order valence-corrected chi connectivity index (χ1v) is 25.0. The zero-order chi connectivity index (χ0) is 50.2. The third kappa shape index (κ3) is 10.5. The second kappa shape index (κ2) is 20.0. The Morgan fingerprint density at radius 2 is 1.06 bits per heavy atom. The van der Waals surface area contributed by atoms with Gasteiger partial charge in [-0.05, 0) is 77.4 Å². The minimum Gasteiger partial charge on any atom is -0.394 e. The second-order valence-corrected chi connectivity index (χ2v) is 20.4. The number of carbonyl (C=O) groups is 2. The van der Waals surface area contributed by atoms with Crippen LogP contribution in [-0.2, 0) is 37.5 Å². The minimum atomic E-state index is -3.55. The number of carbonyl (C=O) groups excluding carboxylic acids is 2. The lowest BCUT2D eigenvalue weighted by Gasteiger charge is -2.24. The molecule has 3 N–H and O–H groups in total. The van der Waals surface area contributed by atoms with E-state index in [2.05, 4.69) is 47.5 Å². The highest BCUT2D eigenvalue weighted by atomic mass is 35.7. The number of nitrogens with zero attached hydrogens (tertiary/aromatic N) is 8. The van der Waals surface area contributed by atoms with Crippen LogP contribution >= 0.6 is 10.7 Å². The van der Waals surface area contributed by atoms with Crippen molar-refractivity contribution in [2.24, 2.45) is 0 Å². The maximum absolute atomic E-state index is 12.6. The van der Waals surface area contributed by atoms with E-state index >= 15 is 0 Å². The molecule has 3 aromatic carbocycles. The van der Waals surface area contributed by atoms with Crippen molar-refractivity contribution in [3.05, 3.63) is 127 Å².